The molecule has 0 spiro atoms. The Morgan fingerprint density at radius 3 is 1.96 bits per heavy atom. The largest absolute Gasteiger partial charge is 0.306 e. The van der Waals surface area contributed by atoms with Crippen molar-refractivity contribution in [1.29, 1.82) is 0 Å². The Labute approximate surface area is 145 Å². The summed E-state index contributed by atoms with van der Waals surface area (Å²) in [5.74, 6) is -0.363. The van der Waals surface area contributed by atoms with Crippen molar-refractivity contribution in [1.82, 2.24) is 9.99 Å². The lowest BCUT2D eigenvalue weighted by Gasteiger charge is -2.08. The number of nitrogens with one attached hydrogen (secondary N) is 1. The van der Waals surface area contributed by atoms with E-state index in [0.29, 0.717) is 5.71 Å². The third kappa shape index (κ3) is 4.29. The Bertz CT molecular complexity index is 890. The van der Waals surface area contributed by atoms with Gasteiger partial charge in [0.25, 0.3) is 11.5 Å². The molecule has 0 aliphatic heterocycles. The fourth-order valence-corrected chi connectivity index (χ4v) is 2.39. The molecule has 0 bridgehead atoms. The first kappa shape index (κ1) is 16.4. The van der Waals surface area contributed by atoms with Crippen molar-refractivity contribution in [2.45, 2.75) is 6.54 Å². The number of rotatable bonds is 5. The number of hydrogen-bond acceptors (Lipinski definition) is 3. The Balaban J connectivity index is 1.83. The maximum atomic E-state index is 12.2. The molecule has 3 rings (SSSR count). The number of benzene rings is 2. The van der Waals surface area contributed by atoms with Gasteiger partial charge < -0.3 is 4.57 Å². The summed E-state index contributed by atoms with van der Waals surface area (Å²) < 4.78 is 1.33. The lowest BCUT2D eigenvalue weighted by Crippen LogP contribution is -2.29. The molecular formula is C20H17N3O2. The van der Waals surface area contributed by atoms with Crippen LogP contribution in [0.3, 0.4) is 0 Å². The molecule has 0 fully saturated rings. The van der Waals surface area contributed by atoms with E-state index in [1.807, 2.05) is 60.7 Å². The quantitative estimate of drug-likeness (QED) is 0.576. The molecule has 3 aromatic rings. The van der Waals surface area contributed by atoms with Gasteiger partial charge in [0.1, 0.15) is 6.54 Å². The molecule has 5 nitrogen and oxygen atoms in total. The van der Waals surface area contributed by atoms with Crippen molar-refractivity contribution in [2.75, 3.05) is 0 Å². The number of nitrogens with zero attached hydrogens (tertiary/aromatic N) is 2. The van der Waals surface area contributed by atoms with E-state index in [2.05, 4.69) is 10.5 Å². The van der Waals surface area contributed by atoms with E-state index >= 15 is 0 Å². The summed E-state index contributed by atoms with van der Waals surface area (Å²) >= 11 is 0. The third-order valence-corrected chi connectivity index (χ3v) is 3.60. The standard InChI is InChI=1S/C20H17N3O2/c24-18(15-23-14-8-7-13-19(23)25)21-22-20(16-9-3-1-4-10-16)17-11-5-2-6-12-17/h1-14H,15H2,(H,21,24). The van der Waals surface area contributed by atoms with Gasteiger partial charge in [-0.3, -0.25) is 9.59 Å². The zero-order valence-corrected chi connectivity index (χ0v) is 13.5. The molecule has 1 heterocycles. The van der Waals surface area contributed by atoms with Gasteiger partial charge in [0, 0.05) is 23.4 Å². The molecule has 0 saturated heterocycles. The van der Waals surface area contributed by atoms with Crippen LogP contribution in [0.5, 0.6) is 0 Å². The molecule has 0 unspecified atom stereocenters. The molecule has 1 aromatic heterocycles. The monoisotopic (exact) mass is 331 g/mol. The van der Waals surface area contributed by atoms with Crippen LogP contribution in [0.1, 0.15) is 11.1 Å². The van der Waals surface area contributed by atoms with Gasteiger partial charge in [-0.15, -0.1) is 0 Å². The lowest BCUT2D eigenvalue weighted by molar-refractivity contribution is -0.121. The van der Waals surface area contributed by atoms with E-state index in [-0.39, 0.29) is 18.0 Å². The molecule has 1 N–H and O–H groups in total. The van der Waals surface area contributed by atoms with Gasteiger partial charge in [-0.05, 0) is 6.07 Å². The van der Waals surface area contributed by atoms with E-state index in [1.165, 1.54) is 10.6 Å². The van der Waals surface area contributed by atoms with Crippen LogP contribution in [0, 0.1) is 0 Å². The van der Waals surface area contributed by atoms with Gasteiger partial charge >= 0.3 is 0 Å². The minimum Gasteiger partial charge on any atom is -0.306 e. The summed E-state index contributed by atoms with van der Waals surface area (Å²) in [6.07, 6.45) is 1.57. The summed E-state index contributed by atoms with van der Waals surface area (Å²) in [6, 6.07) is 24.0. The van der Waals surface area contributed by atoms with E-state index in [0.717, 1.165) is 11.1 Å². The minimum absolute atomic E-state index is 0.0833. The summed E-state index contributed by atoms with van der Waals surface area (Å²) in [5.41, 5.74) is 4.77. The van der Waals surface area contributed by atoms with Crippen LogP contribution < -0.4 is 11.0 Å². The fraction of sp³-hybridized carbons (Fsp3) is 0.0500. The van der Waals surface area contributed by atoms with Gasteiger partial charge in [0.2, 0.25) is 0 Å². The highest BCUT2D eigenvalue weighted by Crippen LogP contribution is 2.10. The molecule has 2 aromatic carbocycles. The van der Waals surface area contributed by atoms with Crippen molar-refractivity contribution in [3.63, 3.8) is 0 Å². The highest BCUT2D eigenvalue weighted by molar-refractivity contribution is 6.13. The highest BCUT2D eigenvalue weighted by atomic mass is 16.2. The molecular weight excluding hydrogens is 314 g/mol. The number of pyridine rings is 1. The molecule has 124 valence electrons. The number of hydrogen-bond donors (Lipinski definition) is 1. The average molecular weight is 331 g/mol. The van der Waals surface area contributed by atoms with Crippen LogP contribution in [-0.2, 0) is 11.3 Å². The second-order valence-corrected chi connectivity index (χ2v) is 5.39. The zero-order chi connectivity index (χ0) is 17.5. The topological polar surface area (TPSA) is 63.5 Å². The lowest BCUT2D eigenvalue weighted by atomic mass is 10.0. The Hall–Kier alpha value is -3.47. The Morgan fingerprint density at radius 1 is 0.840 bits per heavy atom. The van der Waals surface area contributed by atoms with Crippen molar-refractivity contribution in [2.24, 2.45) is 5.10 Å². The first-order valence-corrected chi connectivity index (χ1v) is 7.87. The molecule has 0 radical (unpaired) electrons. The second-order valence-electron chi connectivity index (χ2n) is 5.39. The van der Waals surface area contributed by atoms with Gasteiger partial charge in [-0.25, -0.2) is 5.43 Å². The number of carbonyl (C=O) groups excluding carboxylic acids is 1. The highest BCUT2D eigenvalue weighted by Gasteiger charge is 2.08. The first-order chi connectivity index (χ1) is 12.2. The predicted molar refractivity (Wildman–Crippen MR) is 97.4 cm³/mol. The normalized spacial score (nSPS) is 10.1. The molecule has 0 saturated carbocycles. The fourth-order valence-electron chi connectivity index (χ4n) is 2.39. The maximum Gasteiger partial charge on any atom is 0.260 e. The van der Waals surface area contributed by atoms with Crippen LogP contribution in [0.2, 0.25) is 0 Å². The number of aromatic nitrogens is 1. The van der Waals surface area contributed by atoms with Crippen molar-refractivity contribution >= 4 is 11.6 Å². The molecule has 25 heavy (non-hydrogen) atoms. The first-order valence-electron chi connectivity index (χ1n) is 7.87. The van der Waals surface area contributed by atoms with Crippen LogP contribution in [0.15, 0.2) is 95.0 Å². The summed E-state index contributed by atoms with van der Waals surface area (Å²) in [4.78, 5) is 23.8. The van der Waals surface area contributed by atoms with E-state index in [1.54, 1.807) is 18.3 Å². The SMILES string of the molecule is O=C(Cn1ccccc1=O)NN=C(c1ccccc1)c1ccccc1. The molecule has 5 heteroatoms. The van der Waals surface area contributed by atoms with E-state index < -0.39 is 0 Å². The van der Waals surface area contributed by atoms with Crippen LogP contribution >= 0.6 is 0 Å². The minimum atomic E-state index is -0.363. The number of hydrazone groups is 1. The van der Waals surface area contributed by atoms with Crippen molar-refractivity contribution in [3.05, 3.63) is 107 Å². The van der Waals surface area contributed by atoms with Gasteiger partial charge in [0.15, 0.2) is 0 Å². The van der Waals surface area contributed by atoms with E-state index in [9.17, 15) is 9.59 Å². The van der Waals surface area contributed by atoms with Crippen LogP contribution in [0.4, 0.5) is 0 Å². The molecule has 0 aliphatic rings. The number of carbonyl (C=O) groups is 1. The predicted octanol–water partition coefficient (Wildman–Crippen LogP) is 2.42. The summed E-state index contributed by atoms with van der Waals surface area (Å²) in [5, 5.41) is 4.29. The molecule has 0 aliphatic carbocycles. The Morgan fingerprint density at radius 2 is 1.40 bits per heavy atom. The van der Waals surface area contributed by atoms with E-state index in [4.69, 9.17) is 0 Å². The summed E-state index contributed by atoms with van der Waals surface area (Å²) in [7, 11) is 0. The van der Waals surface area contributed by atoms with Crippen LogP contribution in [-0.4, -0.2) is 16.2 Å². The van der Waals surface area contributed by atoms with Crippen LogP contribution in [0.25, 0.3) is 0 Å². The third-order valence-electron chi connectivity index (χ3n) is 3.60. The summed E-state index contributed by atoms with van der Waals surface area (Å²) in [6.45, 7) is -0.0833. The van der Waals surface area contributed by atoms with Gasteiger partial charge in [-0.1, -0.05) is 66.7 Å². The maximum absolute atomic E-state index is 12.2. The van der Waals surface area contributed by atoms with Gasteiger partial charge in [0.05, 0.1) is 5.71 Å². The smallest absolute Gasteiger partial charge is 0.260 e. The average Bonchev–Trinajstić information content (AvgIpc) is 2.66. The Kier molecular flexibility index (Phi) is 5.16. The second kappa shape index (κ2) is 7.88. The van der Waals surface area contributed by atoms with Crippen molar-refractivity contribution < 1.29 is 4.79 Å². The number of amides is 1. The molecule has 0 atom stereocenters. The van der Waals surface area contributed by atoms with Gasteiger partial charge in [-0.2, -0.15) is 5.10 Å². The van der Waals surface area contributed by atoms with Crippen molar-refractivity contribution in [3.8, 4) is 0 Å². The molecule has 1 amide bonds. The zero-order valence-electron chi connectivity index (χ0n) is 13.5.